The van der Waals surface area contributed by atoms with Crippen LogP contribution >= 0.6 is 11.6 Å². The van der Waals surface area contributed by atoms with E-state index in [1.807, 2.05) is 37.3 Å². The summed E-state index contributed by atoms with van der Waals surface area (Å²) in [4.78, 5) is 12.8. The average Bonchev–Trinajstić information content (AvgIpc) is 2.71. The number of rotatable bonds is 2. The highest BCUT2D eigenvalue weighted by Gasteiger charge is 2.11. The Bertz CT molecular complexity index is 997. The van der Waals surface area contributed by atoms with Crippen LogP contribution in [0.1, 0.15) is 5.56 Å². The third-order valence-corrected chi connectivity index (χ3v) is 3.85. The van der Waals surface area contributed by atoms with Crippen molar-refractivity contribution in [2.24, 2.45) is 0 Å². The molecule has 0 aliphatic rings. The minimum Gasteiger partial charge on any atom is -0.261 e. The lowest BCUT2D eigenvalue weighted by molar-refractivity contribution is 0.893. The fourth-order valence-corrected chi connectivity index (χ4v) is 2.62. The van der Waals surface area contributed by atoms with Gasteiger partial charge in [-0.2, -0.15) is 0 Å². The molecule has 3 rings (SSSR count). The maximum atomic E-state index is 12.8. The van der Waals surface area contributed by atoms with E-state index in [1.165, 1.54) is 4.57 Å². The number of nitrogens with zero attached hydrogens (tertiary/aromatic N) is 2. The quantitative estimate of drug-likeness (QED) is 0.714. The average molecular weight is 311 g/mol. The molecular weight excluding hydrogens is 296 g/mol. The molecule has 0 aliphatic carbocycles. The predicted octanol–water partition coefficient (Wildman–Crippen LogP) is 2.41. The first-order valence-electron chi connectivity index (χ1n) is 6.83. The van der Waals surface area contributed by atoms with Gasteiger partial charge >= 0.3 is 5.69 Å². The molecule has 0 saturated carbocycles. The molecule has 0 bridgehead atoms. The van der Waals surface area contributed by atoms with Crippen molar-refractivity contribution in [3.8, 4) is 11.4 Å². The van der Waals surface area contributed by atoms with Gasteiger partial charge in [-0.05, 0) is 37.3 Å². The molecule has 0 saturated heterocycles. The number of hydrogen-bond acceptors (Lipinski definition) is 1. The van der Waals surface area contributed by atoms with Crippen LogP contribution in [0.2, 0.25) is 5.02 Å². The van der Waals surface area contributed by atoms with Crippen LogP contribution in [0.15, 0.2) is 53.3 Å². The zero-order valence-corrected chi connectivity index (χ0v) is 13.0. The van der Waals surface area contributed by atoms with Gasteiger partial charge < -0.3 is 0 Å². The SMILES string of the molecule is C=c1c(=C)n(-c2cccc(Cl)c2)c(=O)n1-c1ccc(C)cc1. The summed E-state index contributed by atoms with van der Waals surface area (Å²) in [5.74, 6) is 0. The van der Waals surface area contributed by atoms with Crippen LogP contribution in [-0.2, 0) is 0 Å². The Morgan fingerprint density at radius 2 is 1.50 bits per heavy atom. The van der Waals surface area contributed by atoms with Crippen molar-refractivity contribution < 1.29 is 0 Å². The molecule has 1 aromatic heterocycles. The van der Waals surface area contributed by atoms with Crippen LogP contribution in [0.5, 0.6) is 0 Å². The third kappa shape index (κ3) is 2.30. The van der Waals surface area contributed by atoms with Crippen LogP contribution in [0.4, 0.5) is 0 Å². The van der Waals surface area contributed by atoms with E-state index in [4.69, 9.17) is 11.6 Å². The highest BCUT2D eigenvalue weighted by atomic mass is 35.5. The molecule has 22 heavy (non-hydrogen) atoms. The number of aromatic nitrogens is 2. The topological polar surface area (TPSA) is 26.9 Å². The molecule has 0 spiro atoms. The van der Waals surface area contributed by atoms with Crippen LogP contribution < -0.4 is 16.4 Å². The molecule has 0 radical (unpaired) electrons. The zero-order valence-electron chi connectivity index (χ0n) is 12.2. The maximum absolute atomic E-state index is 12.8. The van der Waals surface area contributed by atoms with Gasteiger partial charge in [-0.1, -0.05) is 48.5 Å². The van der Waals surface area contributed by atoms with E-state index < -0.39 is 0 Å². The summed E-state index contributed by atoms with van der Waals surface area (Å²) >= 11 is 6.02. The highest BCUT2D eigenvalue weighted by Crippen LogP contribution is 2.12. The van der Waals surface area contributed by atoms with Gasteiger partial charge in [-0.15, -0.1) is 0 Å². The summed E-state index contributed by atoms with van der Waals surface area (Å²) in [6.07, 6.45) is 0. The van der Waals surface area contributed by atoms with E-state index in [0.717, 1.165) is 11.3 Å². The van der Waals surface area contributed by atoms with Gasteiger partial charge in [-0.25, -0.2) is 4.79 Å². The van der Waals surface area contributed by atoms with Gasteiger partial charge in [0.1, 0.15) is 0 Å². The molecule has 0 atom stereocenters. The Morgan fingerprint density at radius 1 is 0.909 bits per heavy atom. The molecule has 1 heterocycles. The van der Waals surface area contributed by atoms with Crippen molar-refractivity contribution in [3.05, 3.63) is 80.3 Å². The first-order valence-corrected chi connectivity index (χ1v) is 7.21. The second kappa shape index (κ2) is 5.35. The van der Waals surface area contributed by atoms with Gasteiger partial charge in [0.05, 0.1) is 22.1 Å². The van der Waals surface area contributed by atoms with Gasteiger partial charge in [-0.3, -0.25) is 9.13 Å². The summed E-state index contributed by atoms with van der Waals surface area (Å²) in [6, 6.07) is 14.8. The van der Waals surface area contributed by atoms with Crippen molar-refractivity contribution in [1.29, 1.82) is 0 Å². The van der Waals surface area contributed by atoms with E-state index >= 15 is 0 Å². The molecule has 0 amide bonds. The van der Waals surface area contributed by atoms with Gasteiger partial charge in [0, 0.05) is 5.02 Å². The molecule has 0 unspecified atom stereocenters. The molecule has 110 valence electrons. The van der Waals surface area contributed by atoms with E-state index in [0.29, 0.717) is 21.4 Å². The predicted molar refractivity (Wildman–Crippen MR) is 91.4 cm³/mol. The third-order valence-electron chi connectivity index (χ3n) is 3.61. The van der Waals surface area contributed by atoms with Crippen molar-refractivity contribution in [1.82, 2.24) is 9.13 Å². The Kier molecular flexibility index (Phi) is 3.51. The van der Waals surface area contributed by atoms with Crippen LogP contribution in [0.3, 0.4) is 0 Å². The maximum Gasteiger partial charge on any atom is 0.338 e. The Hall–Kier alpha value is -2.52. The van der Waals surface area contributed by atoms with Gasteiger partial charge in [0.2, 0.25) is 0 Å². The Labute approximate surface area is 133 Å². The highest BCUT2D eigenvalue weighted by molar-refractivity contribution is 6.30. The summed E-state index contributed by atoms with van der Waals surface area (Å²) in [7, 11) is 0. The normalized spacial score (nSPS) is 10.8. The Morgan fingerprint density at radius 3 is 2.09 bits per heavy atom. The first-order chi connectivity index (χ1) is 10.5. The first kappa shape index (κ1) is 14.4. The Balaban J connectivity index is 2.30. The van der Waals surface area contributed by atoms with Gasteiger partial charge in [0.15, 0.2) is 0 Å². The molecule has 2 aromatic carbocycles. The van der Waals surface area contributed by atoms with E-state index in [-0.39, 0.29) is 5.69 Å². The van der Waals surface area contributed by atoms with Crippen molar-refractivity contribution in [2.45, 2.75) is 6.92 Å². The fourth-order valence-electron chi connectivity index (χ4n) is 2.43. The lowest BCUT2D eigenvalue weighted by atomic mass is 10.2. The lowest BCUT2D eigenvalue weighted by Crippen LogP contribution is -2.29. The monoisotopic (exact) mass is 310 g/mol. The summed E-state index contributed by atoms with van der Waals surface area (Å²) in [5.41, 5.74) is 2.37. The molecule has 0 N–H and O–H groups in total. The number of aryl methyl sites for hydroxylation is 1. The van der Waals surface area contributed by atoms with Crippen molar-refractivity contribution in [2.75, 3.05) is 0 Å². The van der Waals surface area contributed by atoms with Crippen LogP contribution in [0.25, 0.3) is 24.5 Å². The van der Waals surface area contributed by atoms with Crippen LogP contribution in [0, 0.1) is 6.92 Å². The molecule has 0 aliphatic heterocycles. The molecule has 3 nitrogen and oxygen atoms in total. The fraction of sp³-hybridized carbons (Fsp3) is 0.0556. The minimum atomic E-state index is -0.207. The second-order valence-electron chi connectivity index (χ2n) is 5.16. The van der Waals surface area contributed by atoms with Crippen LogP contribution in [-0.4, -0.2) is 9.13 Å². The van der Waals surface area contributed by atoms with Gasteiger partial charge in [0.25, 0.3) is 0 Å². The van der Waals surface area contributed by atoms with E-state index in [9.17, 15) is 4.79 Å². The number of halogens is 1. The number of imidazole rings is 1. The molecule has 4 heteroatoms. The smallest absolute Gasteiger partial charge is 0.261 e. The second-order valence-corrected chi connectivity index (χ2v) is 5.60. The number of hydrogen-bond donors (Lipinski definition) is 0. The molecular formula is C18H15ClN2O. The minimum absolute atomic E-state index is 0.207. The summed E-state index contributed by atoms with van der Waals surface area (Å²) in [6.45, 7) is 9.98. The molecule has 0 fully saturated rings. The zero-order chi connectivity index (χ0) is 15.9. The van der Waals surface area contributed by atoms with Crippen molar-refractivity contribution in [3.63, 3.8) is 0 Å². The summed E-state index contributed by atoms with van der Waals surface area (Å²) in [5, 5.41) is 1.68. The van der Waals surface area contributed by atoms with E-state index in [1.54, 1.807) is 22.8 Å². The van der Waals surface area contributed by atoms with E-state index in [2.05, 4.69) is 13.2 Å². The summed E-state index contributed by atoms with van der Waals surface area (Å²) < 4.78 is 3.08. The standard InChI is InChI=1S/C18H15ClN2O/c1-12-7-9-16(10-8-12)20-13(2)14(3)21(18(20)22)17-6-4-5-15(19)11-17/h4-11H,2-3H2,1H3. The largest absolute Gasteiger partial charge is 0.338 e. The van der Waals surface area contributed by atoms with Crippen molar-refractivity contribution >= 4 is 24.8 Å². The molecule has 3 aromatic rings. The number of benzene rings is 2. The lowest BCUT2D eigenvalue weighted by Gasteiger charge is -2.03.